The van der Waals surface area contributed by atoms with Crippen LogP contribution in [0.25, 0.3) is 16.5 Å². The molecule has 0 aliphatic carbocycles. The molecular formula is C20H14N2O5S. The van der Waals surface area contributed by atoms with Crippen molar-refractivity contribution in [2.24, 2.45) is 0 Å². The van der Waals surface area contributed by atoms with Gasteiger partial charge < -0.3 is 14.3 Å². The molecule has 0 unspecified atom stereocenters. The Morgan fingerprint density at radius 2 is 1.71 bits per heavy atom. The van der Waals surface area contributed by atoms with Crippen LogP contribution >= 0.6 is 12.2 Å². The molecule has 28 heavy (non-hydrogen) atoms. The molecule has 140 valence electrons. The number of phenols is 1. The van der Waals surface area contributed by atoms with Crippen LogP contribution in [0.2, 0.25) is 0 Å². The van der Waals surface area contributed by atoms with Crippen LogP contribution in [0, 0.1) is 0 Å². The van der Waals surface area contributed by atoms with Gasteiger partial charge in [0.25, 0.3) is 11.8 Å². The van der Waals surface area contributed by atoms with E-state index in [4.69, 9.17) is 21.4 Å². The Hall–Kier alpha value is -3.65. The number of carbonyl (C=O) groups is 2. The first-order valence-corrected chi connectivity index (χ1v) is 8.65. The van der Waals surface area contributed by atoms with Crippen molar-refractivity contribution in [1.29, 1.82) is 0 Å². The van der Waals surface area contributed by atoms with Gasteiger partial charge in [-0.3, -0.25) is 20.2 Å². The maximum atomic E-state index is 12.6. The van der Waals surface area contributed by atoms with Crippen molar-refractivity contribution in [2.45, 2.75) is 0 Å². The highest BCUT2D eigenvalue weighted by Crippen LogP contribution is 2.34. The molecule has 2 heterocycles. The van der Waals surface area contributed by atoms with Crippen molar-refractivity contribution in [2.75, 3.05) is 7.11 Å². The zero-order valence-corrected chi connectivity index (χ0v) is 15.4. The van der Waals surface area contributed by atoms with Crippen LogP contribution < -0.4 is 15.4 Å². The van der Waals surface area contributed by atoms with Gasteiger partial charge in [0.1, 0.15) is 28.4 Å². The number of benzene rings is 2. The average Bonchev–Trinajstić information content (AvgIpc) is 3.07. The van der Waals surface area contributed by atoms with Crippen LogP contribution in [0.15, 0.2) is 58.5 Å². The highest BCUT2D eigenvalue weighted by atomic mass is 32.1. The molecule has 3 aromatic rings. The maximum absolute atomic E-state index is 12.6. The molecule has 0 radical (unpaired) electrons. The fourth-order valence-corrected chi connectivity index (χ4v) is 3.20. The number of hydrogen-bond acceptors (Lipinski definition) is 6. The number of hydrogen-bond donors (Lipinski definition) is 3. The topological polar surface area (TPSA) is 101 Å². The van der Waals surface area contributed by atoms with Crippen LogP contribution in [0.1, 0.15) is 11.3 Å². The molecular weight excluding hydrogens is 380 g/mol. The summed E-state index contributed by atoms with van der Waals surface area (Å²) in [5.41, 5.74) is 1.27. The molecule has 4 rings (SSSR count). The molecule has 8 heteroatoms. The normalized spacial score (nSPS) is 14.0. The predicted octanol–water partition coefficient (Wildman–Crippen LogP) is 2.48. The van der Waals surface area contributed by atoms with Gasteiger partial charge in [0.05, 0.1) is 7.11 Å². The molecule has 2 aromatic carbocycles. The highest BCUT2D eigenvalue weighted by Gasteiger charge is 2.32. The summed E-state index contributed by atoms with van der Waals surface area (Å²) in [5, 5.41) is 15.2. The quantitative estimate of drug-likeness (QED) is 0.358. The third-order valence-electron chi connectivity index (χ3n) is 4.28. The van der Waals surface area contributed by atoms with Gasteiger partial charge in [-0.05, 0) is 54.2 Å². The lowest BCUT2D eigenvalue weighted by molar-refractivity contribution is -0.123. The van der Waals surface area contributed by atoms with Crippen molar-refractivity contribution in [3.63, 3.8) is 0 Å². The SMILES string of the molecule is COc1ccc(C(=C2C(=O)NC(=S)NC2=O)c2cc3cc(O)ccc3o2)cc1. The van der Waals surface area contributed by atoms with Gasteiger partial charge >= 0.3 is 0 Å². The summed E-state index contributed by atoms with van der Waals surface area (Å²) in [6, 6.07) is 13.2. The lowest BCUT2D eigenvalue weighted by Crippen LogP contribution is -2.51. The van der Waals surface area contributed by atoms with E-state index in [1.54, 1.807) is 43.5 Å². The highest BCUT2D eigenvalue weighted by molar-refractivity contribution is 7.80. The Kier molecular flexibility index (Phi) is 4.32. The van der Waals surface area contributed by atoms with E-state index in [-0.39, 0.29) is 16.4 Å². The number of aromatic hydroxyl groups is 1. The van der Waals surface area contributed by atoms with Crippen LogP contribution in [0.4, 0.5) is 0 Å². The summed E-state index contributed by atoms with van der Waals surface area (Å²) in [6.45, 7) is 0. The summed E-state index contributed by atoms with van der Waals surface area (Å²) in [5.74, 6) is -0.233. The van der Waals surface area contributed by atoms with Crippen molar-refractivity contribution < 1.29 is 23.8 Å². The number of phenolic OH excluding ortho intramolecular Hbond substituents is 1. The van der Waals surface area contributed by atoms with Crippen molar-refractivity contribution in [3.05, 3.63) is 65.4 Å². The van der Waals surface area contributed by atoms with Gasteiger partial charge in [0.15, 0.2) is 5.11 Å². The van der Waals surface area contributed by atoms with Crippen molar-refractivity contribution >= 4 is 45.7 Å². The molecule has 1 saturated heterocycles. The molecule has 1 aliphatic heterocycles. The minimum Gasteiger partial charge on any atom is -0.508 e. The number of nitrogens with one attached hydrogen (secondary N) is 2. The predicted molar refractivity (Wildman–Crippen MR) is 106 cm³/mol. The summed E-state index contributed by atoms with van der Waals surface area (Å²) >= 11 is 4.88. The summed E-state index contributed by atoms with van der Waals surface area (Å²) in [7, 11) is 1.54. The van der Waals surface area contributed by atoms with Crippen LogP contribution in [0.3, 0.4) is 0 Å². The number of methoxy groups -OCH3 is 1. The minimum absolute atomic E-state index is 0.0534. The standard InChI is InChI=1S/C20H14N2O5S/c1-26-13-5-2-10(3-6-13)16(17-18(24)21-20(28)22-19(17)25)15-9-11-8-12(23)4-7-14(11)27-15/h2-9,23H,1H3,(H2,21,22,24,25,28). The van der Waals surface area contributed by atoms with Gasteiger partial charge in [0.2, 0.25) is 0 Å². The third kappa shape index (κ3) is 3.10. The van der Waals surface area contributed by atoms with Gasteiger partial charge in [0, 0.05) is 11.0 Å². The Morgan fingerprint density at radius 3 is 2.36 bits per heavy atom. The number of carbonyl (C=O) groups excluding carboxylic acids is 2. The number of fused-ring (bicyclic) bond motifs is 1. The lowest BCUT2D eigenvalue weighted by atomic mass is 9.95. The molecule has 1 fully saturated rings. The van der Waals surface area contributed by atoms with Crippen molar-refractivity contribution in [1.82, 2.24) is 10.6 Å². The van der Waals surface area contributed by atoms with E-state index in [0.717, 1.165) is 0 Å². The number of furan rings is 1. The minimum atomic E-state index is -0.622. The largest absolute Gasteiger partial charge is 0.508 e. The van der Waals surface area contributed by atoms with Gasteiger partial charge in [-0.2, -0.15) is 0 Å². The van der Waals surface area contributed by atoms with E-state index < -0.39 is 11.8 Å². The Balaban J connectivity index is 1.97. The number of ether oxygens (including phenoxy) is 1. The van der Waals surface area contributed by atoms with E-state index in [2.05, 4.69) is 10.6 Å². The Labute approximate surface area is 164 Å². The summed E-state index contributed by atoms with van der Waals surface area (Å²) in [4.78, 5) is 25.1. The molecule has 7 nitrogen and oxygen atoms in total. The van der Waals surface area contributed by atoms with E-state index in [1.807, 2.05) is 0 Å². The molecule has 1 aliphatic rings. The maximum Gasteiger partial charge on any atom is 0.263 e. The second kappa shape index (κ2) is 6.82. The summed E-state index contributed by atoms with van der Waals surface area (Å²) < 4.78 is 11.1. The van der Waals surface area contributed by atoms with Crippen LogP contribution in [0.5, 0.6) is 11.5 Å². The van der Waals surface area contributed by atoms with Crippen LogP contribution in [-0.2, 0) is 9.59 Å². The van der Waals surface area contributed by atoms with Gasteiger partial charge in [-0.25, -0.2) is 0 Å². The number of amides is 2. The number of thiocarbonyl (C=S) groups is 1. The Bertz CT molecular complexity index is 1140. The zero-order valence-electron chi connectivity index (χ0n) is 14.6. The Morgan fingerprint density at radius 1 is 1.04 bits per heavy atom. The fraction of sp³-hybridized carbons (Fsp3) is 0.0500. The van der Waals surface area contributed by atoms with E-state index in [1.165, 1.54) is 12.1 Å². The van der Waals surface area contributed by atoms with Crippen molar-refractivity contribution in [3.8, 4) is 11.5 Å². The molecule has 3 N–H and O–H groups in total. The summed E-state index contributed by atoms with van der Waals surface area (Å²) in [6.07, 6.45) is 0. The molecule has 1 aromatic heterocycles. The van der Waals surface area contributed by atoms with Gasteiger partial charge in [-0.15, -0.1) is 0 Å². The van der Waals surface area contributed by atoms with E-state index in [9.17, 15) is 14.7 Å². The molecule has 0 spiro atoms. The first-order chi connectivity index (χ1) is 13.5. The second-order valence-corrected chi connectivity index (χ2v) is 6.46. The smallest absolute Gasteiger partial charge is 0.263 e. The van der Waals surface area contributed by atoms with Gasteiger partial charge in [-0.1, -0.05) is 12.1 Å². The molecule has 0 atom stereocenters. The number of rotatable bonds is 3. The van der Waals surface area contributed by atoms with E-state index in [0.29, 0.717) is 33.6 Å². The average molecular weight is 394 g/mol. The van der Waals surface area contributed by atoms with E-state index >= 15 is 0 Å². The fourth-order valence-electron chi connectivity index (χ4n) is 3.01. The molecule has 0 bridgehead atoms. The lowest BCUT2D eigenvalue weighted by Gasteiger charge is -2.19. The first-order valence-electron chi connectivity index (χ1n) is 8.24. The van der Waals surface area contributed by atoms with Crippen LogP contribution in [-0.4, -0.2) is 29.1 Å². The molecule has 0 saturated carbocycles. The molecule has 2 amide bonds. The monoisotopic (exact) mass is 394 g/mol. The second-order valence-electron chi connectivity index (χ2n) is 6.05. The zero-order chi connectivity index (χ0) is 19.8. The third-order valence-corrected chi connectivity index (χ3v) is 4.49. The first kappa shape index (κ1) is 17.7.